The highest BCUT2D eigenvalue weighted by Gasteiger charge is 2.15. The van der Waals surface area contributed by atoms with Crippen LogP contribution in [0.4, 0.5) is 0 Å². The van der Waals surface area contributed by atoms with Crippen LogP contribution in [0.25, 0.3) is 22.4 Å². The number of carboxylic acids is 1. The highest BCUT2D eigenvalue weighted by atomic mass is 79.9. The van der Waals surface area contributed by atoms with Gasteiger partial charge < -0.3 is 9.84 Å². The second-order valence-corrected chi connectivity index (χ2v) is 8.17. The molecule has 0 fully saturated rings. The minimum absolute atomic E-state index is 0.000701. The lowest BCUT2D eigenvalue weighted by atomic mass is 9.96. The average Bonchev–Trinajstić information content (AvgIpc) is 2.79. The molecule has 3 aromatic carbocycles. The lowest BCUT2D eigenvalue weighted by Crippen LogP contribution is -2.01. The number of benzene rings is 3. The number of carbonyl (C=O) groups is 1. The fraction of sp³-hybridized carbons (Fsp3) is 0.0400. The summed E-state index contributed by atoms with van der Waals surface area (Å²) in [4.78, 5) is 15.7. The Bertz CT molecular complexity index is 1240. The summed E-state index contributed by atoms with van der Waals surface area (Å²) in [6.45, 7) is 0.390. The van der Waals surface area contributed by atoms with Gasteiger partial charge in [-0.05, 0) is 53.6 Å². The molecule has 0 aliphatic rings. The summed E-state index contributed by atoms with van der Waals surface area (Å²) >= 11 is 9.51. The highest BCUT2D eigenvalue weighted by molar-refractivity contribution is 9.10. The van der Waals surface area contributed by atoms with Crippen molar-refractivity contribution < 1.29 is 14.6 Å². The first kappa shape index (κ1) is 21.1. The van der Waals surface area contributed by atoms with E-state index in [1.807, 2.05) is 66.7 Å². The Morgan fingerprint density at radius 2 is 1.65 bits per heavy atom. The maximum absolute atomic E-state index is 11.4. The van der Waals surface area contributed by atoms with Crippen LogP contribution in [0.3, 0.4) is 0 Å². The monoisotopic (exact) mass is 493 g/mol. The van der Waals surface area contributed by atoms with E-state index in [-0.39, 0.29) is 5.69 Å². The van der Waals surface area contributed by atoms with Crippen molar-refractivity contribution in [1.29, 1.82) is 0 Å². The molecule has 0 aliphatic heterocycles. The molecule has 31 heavy (non-hydrogen) atoms. The van der Waals surface area contributed by atoms with E-state index < -0.39 is 5.97 Å². The van der Waals surface area contributed by atoms with E-state index in [0.717, 1.165) is 26.7 Å². The molecule has 0 saturated heterocycles. The van der Waals surface area contributed by atoms with Crippen molar-refractivity contribution in [2.24, 2.45) is 0 Å². The Labute approximate surface area is 193 Å². The molecule has 0 radical (unpaired) electrons. The third kappa shape index (κ3) is 4.95. The van der Waals surface area contributed by atoms with Gasteiger partial charge in [-0.3, -0.25) is 0 Å². The fourth-order valence-corrected chi connectivity index (χ4v) is 3.71. The Morgan fingerprint density at radius 3 is 2.39 bits per heavy atom. The standard InChI is InChI=1S/C25H17BrClNO3/c26-17-10-13-24(31-15-16-8-11-18(27)12-9-16)21(14-17)19-4-1-2-5-20(19)22-6-3-7-23(28-22)25(29)30/h1-14H,15H2,(H,29,30). The number of ether oxygens (including phenoxy) is 1. The average molecular weight is 495 g/mol. The molecule has 4 nitrogen and oxygen atoms in total. The maximum Gasteiger partial charge on any atom is 0.354 e. The van der Waals surface area contributed by atoms with Gasteiger partial charge in [-0.2, -0.15) is 0 Å². The van der Waals surface area contributed by atoms with Gasteiger partial charge in [0.2, 0.25) is 0 Å². The highest BCUT2D eigenvalue weighted by Crippen LogP contribution is 2.38. The molecule has 4 rings (SSSR count). The molecule has 0 spiro atoms. The van der Waals surface area contributed by atoms with E-state index in [2.05, 4.69) is 20.9 Å². The number of hydrogen-bond acceptors (Lipinski definition) is 3. The summed E-state index contributed by atoms with van der Waals surface area (Å²) in [5.74, 6) is -0.353. The van der Waals surface area contributed by atoms with Gasteiger partial charge in [0.15, 0.2) is 0 Å². The molecule has 0 unspecified atom stereocenters. The van der Waals surface area contributed by atoms with Crippen molar-refractivity contribution in [2.45, 2.75) is 6.61 Å². The van der Waals surface area contributed by atoms with Crippen molar-refractivity contribution in [3.8, 4) is 28.1 Å². The van der Waals surface area contributed by atoms with Crippen LogP contribution in [0.2, 0.25) is 5.02 Å². The number of pyridine rings is 1. The third-order valence-corrected chi connectivity index (χ3v) is 5.46. The molecule has 6 heteroatoms. The number of carboxylic acid groups (broad SMARTS) is 1. The van der Waals surface area contributed by atoms with E-state index in [0.29, 0.717) is 23.1 Å². The molecular weight excluding hydrogens is 478 g/mol. The van der Waals surface area contributed by atoms with Gasteiger partial charge in [0.25, 0.3) is 0 Å². The quantitative estimate of drug-likeness (QED) is 0.310. The molecule has 1 aromatic heterocycles. The van der Waals surface area contributed by atoms with Gasteiger partial charge in [-0.1, -0.05) is 70.0 Å². The third-order valence-electron chi connectivity index (χ3n) is 4.71. The minimum Gasteiger partial charge on any atom is -0.488 e. The Hall–Kier alpha value is -3.15. The normalized spacial score (nSPS) is 10.6. The minimum atomic E-state index is -1.06. The van der Waals surface area contributed by atoms with Gasteiger partial charge in [-0.25, -0.2) is 9.78 Å². The number of halogens is 2. The van der Waals surface area contributed by atoms with Gasteiger partial charge in [0, 0.05) is 20.6 Å². The summed E-state index contributed by atoms with van der Waals surface area (Å²) in [6, 6.07) is 26.0. The van der Waals surface area contributed by atoms with Gasteiger partial charge in [-0.15, -0.1) is 0 Å². The van der Waals surface area contributed by atoms with E-state index in [4.69, 9.17) is 16.3 Å². The first-order valence-corrected chi connectivity index (χ1v) is 10.7. The van der Waals surface area contributed by atoms with Gasteiger partial charge in [0.05, 0.1) is 5.69 Å². The zero-order valence-corrected chi connectivity index (χ0v) is 18.6. The zero-order chi connectivity index (χ0) is 21.8. The smallest absolute Gasteiger partial charge is 0.354 e. The van der Waals surface area contributed by atoms with Gasteiger partial charge in [0.1, 0.15) is 18.1 Å². The topological polar surface area (TPSA) is 59.4 Å². The predicted molar refractivity (Wildman–Crippen MR) is 126 cm³/mol. The second-order valence-electron chi connectivity index (χ2n) is 6.81. The van der Waals surface area contributed by atoms with Crippen LogP contribution >= 0.6 is 27.5 Å². The molecule has 0 amide bonds. The van der Waals surface area contributed by atoms with Crippen molar-refractivity contribution in [2.75, 3.05) is 0 Å². The summed E-state index contributed by atoms with van der Waals surface area (Å²) in [7, 11) is 0. The van der Waals surface area contributed by atoms with Crippen molar-refractivity contribution in [3.63, 3.8) is 0 Å². The molecule has 154 valence electrons. The van der Waals surface area contributed by atoms with Crippen molar-refractivity contribution in [1.82, 2.24) is 4.98 Å². The van der Waals surface area contributed by atoms with Crippen LogP contribution in [-0.4, -0.2) is 16.1 Å². The molecule has 0 atom stereocenters. The maximum atomic E-state index is 11.4. The number of aromatic nitrogens is 1. The van der Waals surface area contributed by atoms with Crippen LogP contribution in [0.5, 0.6) is 5.75 Å². The van der Waals surface area contributed by atoms with Crippen LogP contribution < -0.4 is 4.74 Å². The summed E-state index contributed by atoms with van der Waals surface area (Å²) in [6.07, 6.45) is 0. The predicted octanol–water partition coefficient (Wildman–Crippen LogP) is 7.11. The van der Waals surface area contributed by atoms with Crippen molar-refractivity contribution >= 4 is 33.5 Å². The van der Waals surface area contributed by atoms with E-state index in [1.54, 1.807) is 12.1 Å². The number of hydrogen-bond donors (Lipinski definition) is 1. The Morgan fingerprint density at radius 1 is 0.903 bits per heavy atom. The fourth-order valence-electron chi connectivity index (χ4n) is 3.23. The lowest BCUT2D eigenvalue weighted by Gasteiger charge is -2.15. The van der Waals surface area contributed by atoms with Crippen LogP contribution in [0.15, 0.2) is 89.4 Å². The van der Waals surface area contributed by atoms with Crippen LogP contribution in [-0.2, 0) is 6.61 Å². The van der Waals surface area contributed by atoms with E-state index in [9.17, 15) is 9.90 Å². The number of aromatic carboxylic acids is 1. The summed E-state index contributed by atoms with van der Waals surface area (Å²) in [5, 5.41) is 10.0. The molecule has 4 aromatic rings. The largest absolute Gasteiger partial charge is 0.488 e. The molecule has 1 N–H and O–H groups in total. The second kappa shape index (κ2) is 9.33. The molecule has 0 aliphatic carbocycles. The molecule has 1 heterocycles. The zero-order valence-electron chi connectivity index (χ0n) is 16.3. The van der Waals surface area contributed by atoms with Crippen molar-refractivity contribution in [3.05, 3.63) is 106 Å². The lowest BCUT2D eigenvalue weighted by molar-refractivity contribution is 0.0690. The number of nitrogens with zero attached hydrogens (tertiary/aromatic N) is 1. The van der Waals surface area contributed by atoms with Crippen LogP contribution in [0, 0.1) is 0 Å². The molecule has 0 bridgehead atoms. The molecular formula is C25H17BrClNO3. The molecule has 0 saturated carbocycles. The van der Waals surface area contributed by atoms with E-state index >= 15 is 0 Å². The van der Waals surface area contributed by atoms with Gasteiger partial charge >= 0.3 is 5.97 Å². The van der Waals surface area contributed by atoms with Crippen LogP contribution in [0.1, 0.15) is 16.1 Å². The van der Waals surface area contributed by atoms with E-state index in [1.165, 1.54) is 6.07 Å². The number of rotatable bonds is 6. The SMILES string of the molecule is O=C(O)c1cccc(-c2ccccc2-c2cc(Br)ccc2OCc2ccc(Cl)cc2)n1. The summed E-state index contributed by atoms with van der Waals surface area (Å²) < 4.78 is 7.05. The first-order valence-electron chi connectivity index (χ1n) is 9.48. The summed E-state index contributed by atoms with van der Waals surface area (Å²) in [5.41, 5.74) is 4.17. The first-order chi connectivity index (χ1) is 15.0. The Balaban J connectivity index is 1.75. The Kier molecular flexibility index (Phi) is 6.35.